The Morgan fingerprint density at radius 1 is 1.35 bits per heavy atom. The molecule has 0 amide bonds. The van der Waals surface area contributed by atoms with E-state index >= 15 is 0 Å². The number of hydrogen-bond acceptors (Lipinski definition) is 4. The van der Waals surface area contributed by atoms with Gasteiger partial charge in [-0.2, -0.15) is 5.10 Å². The molecule has 0 saturated heterocycles. The van der Waals surface area contributed by atoms with E-state index in [0.29, 0.717) is 0 Å². The summed E-state index contributed by atoms with van der Waals surface area (Å²) in [6.45, 7) is 7.68. The highest BCUT2D eigenvalue weighted by Gasteiger charge is 2.09. The Balaban J connectivity index is 2.40. The summed E-state index contributed by atoms with van der Waals surface area (Å²) < 4.78 is 1.84. The van der Waals surface area contributed by atoms with Crippen LogP contribution >= 0.6 is 0 Å². The number of rotatable bonds is 4. The molecule has 0 unspecified atom stereocenters. The second-order valence-corrected chi connectivity index (χ2v) is 3.90. The van der Waals surface area contributed by atoms with Gasteiger partial charge in [-0.05, 0) is 32.0 Å². The average molecular weight is 231 g/mol. The highest BCUT2D eigenvalue weighted by atomic mass is 15.3. The summed E-state index contributed by atoms with van der Waals surface area (Å²) in [5.74, 6) is 1.66. The summed E-state index contributed by atoms with van der Waals surface area (Å²) in [5.41, 5.74) is 2.17. The van der Waals surface area contributed by atoms with Gasteiger partial charge < -0.3 is 5.32 Å². The van der Waals surface area contributed by atoms with E-state index in [0.717, 1.165) is 30.4 Å². The molecule has 0 aromatic carbocycles. The van der Waals surface area contributed by atoms with Crippen molar-refractivity contribution in [1.29, 1.82) is 0 Å². The predicted molar refractivity (Wildman–Crippen MR) is 66.0 cm³/mol. The van der Waals surface area contributed by atoms with E-state index < -0.39 is 0 Å². The Kier molecular flexibility index (Phi) is 3.49. The second-order valence-electron chi connectivity index (χ2n) is 3.90. The molecule has 0 radical (unpaired) electrons. The predicted octanol–water partition coefficient (Wildman–Crippen LogP) is 1.39. The molecule has 2 heterocycles. The second kappa shape index (κ2) is 5.05. The lowest BCUT2D eigenvalue weighted by molar-refractivity contribution is 0.711. The van der Waals surface area contributed by atoms with E-state index in [2.05, 4.69) is 27.3 Å². The topological polar surface area (TPSA) is 55.6 Å². The van der Waals surface area contributed by atoms with Crippen molar-refractivity contribution in [3.05, 3.63) is 35.7 Å². The quantitative estimate of drug-likeness (QED) is 0.864. The Labute approximate surface area is 101 Å². The van der Waals surface area contributed by atoms with Crippen LogP contribution in [0.3, 0.4) is 0 Å². The number of aryl methyl sites for hydroxylation is 2. The monoisotopic (exact) mass is 231 g/mol. The van der Waals surface area contributed by atoms with E-state index in [1.165, 1.54) is 5.56 Å². The number of nitrogens with one attached hydrogen (secondary N) is 1. The summed E-state index contributed by atoms with van der Waals surface area (Å²) in [5, 5.41) is 7.70. The van der Waals surface area contributed by atoms with Crippen LogP contribution in [0.15, 0.2) is 18.5 Å². The number of pyridine rings is 1. The first-order valence-corrected chi connectivity index (χ1v) is 5.76. The minimum Gasteiger partial charge on any atom is -0.313 e. The molecule has 0 atom stereocenters. The number of hydrogen-bond donors (Lipinski definition) is 1. The van der Waals surface area contributed by atoms with Crippen LogP contribution in [-0.4, -0.2) is 26.3 Å². The maximum absolute atomic E-state index is 4.39. The van der Waals surface area contributed by atoms with Crippen LogP contribution < -0.4 is 5.32 Å². The lowest BCUT2D eigenvalue weighted by Gasteiger charge is -2.09. The lowest BCUT2D eigenvalue weighted by Crippen LogP contribution is -2.15. The molecular weight excluding hydrogens is 214 g/mol. The van der Waals surface area contributed by atoms with Crippen molar-refractivity contribution in [2.75, 3.05) is 6.54 Å². The van der Waals surface area contributed by atoms with E-state index in [1.807, 2.05) is 30.8 Å². The van der Waals surface area contributed by atoms with E-state index in [9.17, 15) is 0 Å². The van der Waals surface area contributed by atoms with Gasteiger partial charge in [0.2, 0.25) is 0 Å². The van der Waals surface area contributed by atoms with E-state index in [1.54, 1.807) is 6.20 Å². The molecule has 0 aliphatic rings. The fourth-order valence-electron chi connectivity index (χ4n) is 1.76. The molecule has 0 bridgehead atoms. The maximum atomic E-state index is 4.39. The molecule has 90 valence electrons. The van der Waals surface area contributed by atoms with Crippen molar-refractivity contribution in [2.45, 2.75) is 27.3 Å². The van der Waals surface area contributed by atoms with Crippen molar-refractivity contribution >= 4 is 0 Å². The first-order valence-electron chi connectivity index (χ1n) is 5.76. The van der Waals surface area contributed by atoms with Gasteiger partial charge in [0.25, 0.3) is 0 Å². The Morgan fingerprint density at radius 3 is 2.82 bits per heavy atom. The lowest BCUT2D eigenvalue weighted by atomic mass is 10.2. The van der Waals surface area contributed by atoms with Gasteiger partial charge in [-0.3, -0.25) is 4.98 Å². The summed E-state index contributed by atoms with van der Waals surface area (Å²) in [6.07, 6.45) is 3.63. The molecule has 0 aliphatic carbocycles. The van der Waals surface area contributed by atoms with E-state index in [-0.39, 0.29) is 0 Å². The normalized spacial score (nSPS) is 10.8. The van der Waals surface area contributed by atoms with Gasteiger partial charge in [0.15, 0.2) is 0 Å². The number of nitrogens with zero attached hydrogens (tertiary/aromatic N) is 4. The van der Waals surface area contributed by atoms with Crippen LogP contribution in [0.1, 0.15) is 24.1 Å². The zero-order valence-electron chi connectivity index (χ0n) is 10.4. The van der Waals surface area contributed by atoms with Gasteiger partial charge in [-0.15, -0.1) is 0 Å². The van der Waals surface area contributed by atoms with Crippen molar-refractivity contribution < 1.29 is 0 Å². The van der Waals surface area contributed by atoms with Crippen LogP contribution in [-0.2, 0) is 6.54 Å². The largest absolute Gasteiger partial charge is 0.313 e. The summed E-state index contributed by atoms with van der Waals surface area (Å²) in [4.78, 5) is 8.48. The summed E-state index contributed by atoms with van der Waals surface area (Å²) in [7, 11) is 0. The molecule has 17 heavy (non-hydrogen) atoms. The van der Waals surface area contributed by atoms with Gasteiger partial charge in [0.05, 0.1) is 11.9 Å². The zero-order valence-corrected chi connectivity index (χ0v) is 10.4. The molecule has 5 nitrogen and oxygen atoms in total. The highest BCUT2D eigenvalue weighted by Crippen LogP contribution is 2.13. The third-order valence-corrected chi connectivity index (χ3v) is 2.56. The van der Waals surface area contributed by atoms with Crippen LogP contribution in [0.5, 0.6) is 0 Å². The van der Waals surface area contributed by atoms with Crippen molar-refractivity contribution in [2.24, 2.45) is 0 Å². The highest BCUT2D eigenvalue weighted by molar-refractivity contribution is 5.38. The van der Waals surface area contributed by atoms with Crippen molar-refractivity contribution in [1.82, 2.24) is 25.1 Å². The fourth-order valence-corrected chi connectivity index (χ4v) is 1.76. The van der Waals surface area contributed by atoms with Gasteiger partial charge in [-0.1, -0.05) is 6.92 Å². The van der Waals surface area contributed by atoms with Crippen LogP contribution in [0.4, 0.5) is 0 Å². The molecule has 2 rings (SSSR count). The minimum atomic E-state index is 0.778. The molecule has 1 N–H and O–H groups in total. The molecule has 0 aliphatic heterocycles. The van der Waals surface area contributed by atoms with Crippen LogP contribution in [0.2, 0.25) is 0 Å². The molecular formula is C12H17N5. The first-order chi connectivity index (χ1) is 8.22. The van der Waals surface area contributed by atoms with Crippen molar-refractivity contribution in [3.8, 4) is 5.69 Å². The molecule has 0 spiro atoms. The Morgan fingerprint density at radius 2 is 2.18 bits per heavy atom. The summed E-state index contributed by atoms with van der Waals surface area (Å²) in [6, 6.07) is 2.01. The zero-order chi connectivity index (χ0) is 12.3. The molecule has 2 aromatic rings. The average Bonchev–Trinajstić information content (AvgIpc) is 2.66. The first kappa shape index (κ1) is 11.7. The van der Waals surface area contributed by atoms with E-state index in [4.69, 9.17) is 0 Å². The minimum absolute atomic E-state index is 0.778. The molecule has 5 heteroatoms. The smallest absolute Gasteiger partial charge is 0.148 e. The Hall–Kier alpha value is -1.75. The van der Waals surface area contributed by atoms with Gasteiger partial charge in [-0.25, -0.2) is 9.67 Å². The summed E-state index contributed by atoms with van der Waals surface area (Å²) >= 11 is 0. The van der Waals surface area contributed by atoms with Gasteiger partial charge in [0.1, 0.15) is 11.6 Å². The maximum Gasteiger partial charge on any atom is 0.148 e. The van der Waals surface area contributed by atoms with Gasteiger partial charge in [0, 0.05) is 12.7 Å². The molecule has 0 saturated carbocycles. The van der Waals surface area contributed by atoms with Crippen LogP contribution in [0.25, 0.3) is 5.69 Å². The SMILES string of the molecule is CCNCc1ccncc1-n1nc(C)nc1C. The number of aromatic nitrogens is 4. The molecule has 2 aromatic heterocycles. The Bertz CT molecular complexity index is 503. The van der Waals surface area contributed by atoms with Gasteiger partial charge >= 0.3 is 0 Å². The molecule has 0 fully saturated rings. The standard InChI is InChI=1S/C12H17N5/c1-4-13-7-11-5-6-14-8-12(11)17-10(3)15-9(2)16-17/h5-6,8,13H,4,7H2,1-3H3. The third kappa shape index (κ3) is 2.50. The fraction of sp³-hybridized carbons (Fsp3) is 0.417. The van der Waals surface area contributed by atoms with Crippen molar-refractivity contribution in [3.63, 3.8) is 0 Å². The van der Waals surface area contributed by atoms with Crippen LogP contribution in [0, 0.1) is 13.8 Å². The third-order valence-electron chi connectivity index (χ3n) is 2.56.